The molecule has 0 N–H and O–H groups in total. The lowest BCUT2D eigenvalue weighted by Gasteiger charge is -2.26. The first-order valence-corrected chi connectivity index (χ1v) is 7.23. The molecule has 0 aliphatic carbocycles. The van der Waals surface area contributed by atoms with Crippen LogP contribution in [-0.4, -0.2) is 34.2 Å². The Kier molecular flexibility index (Phi) is 5.14. The van der Waals surface area contributed by atoms with Crippen molar-refractivity contribution in [1.82, 2.24) is 15.1 Å². The van der Waals surface area contributed by atoms with Gasteiger partial charge in [-0.3, -0.25) is 4.79 Å². The maximum atomic E-state index is 12.6. The van der Waals surface area contributed by atoms with Crippen molar-refractivity contribution >= 4 is 5.91 Å². The first-order chi connectivity index (χ1) is 10.5. The zero-order valence-corrected chi connectivity index (χ0v) is 13.3. The molecule has 1 atom stereocenters. The molecule has 0 spiro atoms. The molecule has 22 heavy (non-hydrogen) atoms. The highest BCUT2D eigenvalue weighted by molar-refractivity contribution is 5.81. The van der Waals surface area contributed by atoms with Crippen molar-refractivity contribution < 1.29 is 13.9 Å². The zero-order valence-electron chi connectivity index (χ0n) is 13.3. The average Bonchev–Trinajstić information content (AvgIpc) is 2.90. The van der Waals surface area contributed by atoms with Crippen molar-refractivity contribution in [3.63, 3.8) is 0 Å². The van der Waals surface area contributed by atoms with Crippen LogP contribution in [0.2, 0.25) is 0 Å². The number of aromatic nitrogens is 2. The molecule has 0 bridgehead atoms. The van der Waals surface area contributed by atoms with Crippen molar-refractivity contribution in [2.45, 2.75) is 33.4 Å². The Morgan fingerprint density at radius 2 is 1.95 bits per heavy atom. The van der Waals surface area contributed by atoms with Gasteiger partial charge in [0, 0.05) is 14.0 Å². The molecule has 2 rings (SSSR count). The molecular weight excluding hydrogens is 282 g/mol. The minimum absolute atomic E-state index is 0.0413. The van der Waals surface area contributed by atoms with Crippen LogP contribution in [0, 0.1) is 12.8 Å². The first-order valence-electron chi connectivity index (χ1n) is 7.23. The maximum Gasteiger partial charge on any atom is 0.264 e. The van der Waals surface area contributed by atoms with Gasteiger partial charge >= 0.3 is 0 Å². The SMILES string of the molecule is Cc1nnc(CN(C)C(=O)[C@@H](Oc2ccccc2)C(C)C)o1. The third kappa shape index (κ3) is 4.07. The van der Waals surface area contributed by atoms with Crippen molar-refractivity contribution in [3.8, 4) is 5.75 Å². The monoisotopic (exact) mass is 303 g/mol. The van der Waals surface area contributed by atoms with E-state index in [2.05, 4.69) is 10.2 Å². The van der Waals surface area contributed by atoms with Gasteiger partial charge in [-0.15, -0.1) is 10.2 Å². The van der Waals surface area contributed by atoms with Crippen LogP contribution in [0.25, 0.3) is 0 Å². The Balaban J connectivity index is 2.05. The number of benzene rings is 1. The number of hydrogen-bond acceptors (Lipinski definition) is 5. The van der Waals surface area contributed by atoms with Crippen molar-refractivity contribution in [1.29, 1.82) is 0 Å². The van der Waals surface area contributed by atoms with E-state index < -0.39 is 6.10 Å². The molecule has 0 unspecified atom stereocenters. The molecular formula is C16H21N3O3. The molecule has 0 saturated heterocycles. The van der Waals surface area contributed by atoms with E-state index in [0.717, 1.165) is 0 Å². The Morgan fingerprint density at radius 3 is 2.50 bits per heavy atom. The third-order valence-electron chi connectivity index (χ3n) is 3.17. The Labute approximate surface area is 130 Å². The lowest BCUT2D eigenvalue weighted by atomic mass is 10.1. The van der Waals surface area contributed by atoms with Crippen LogP contribution in [0.4, 0.5) is 0 Å². The van der Waals surface area contributed by atoms with Crippen LogP contribution in [0.5, 0.6) is 5.75 Å². The number of likely N-dealkylation sites (N-methyl/N-ethyl adjacent to an activating group) is 1. The summed E-state index contributed by atoms with van der Waals surface area (Å²) >= 11 is 0. The molecule has 0 aliphatic rings. The summed E-state index contributed by atoms with van der Waals surface area (Å²) in [5.41, 5.74) is 0. The topological polar surface area (TPSA) is 68.5 Å². The standard InChI is InChI=1S/C16H21N3O3/c1-11(2)15(22-13-8-6-5-7-9-13)16(20)19(4)10-14-18-17-12(3)21-14/h5-9,11,15H,10H2,1-4H3/t15-/m0/s1. The molecule has 6 heteroatoms. The third-order valence-corrected chi connectivity index (χ3v) is 3.17. The van der Waals surface area contributed by atoms with E-state index in [1.54, 1.807) is 18.9 Å². The molecule has 0 saturated carbocycles. The quantitative estimate of drug-likeness (QED) is 0.820. The number of aryl methyl sites for hydroxylation is 1. The number of rotatable bonds is 6. The first kappa shape index (κ1) is 16.0. The number of amides is 1. The van der Waals surface area contributed by atoms with Crippen LogP contribution in [-0.2, 0) is 11.3 Å². The Morgan fingerprint density at radius 1 is 1.27 bits per heavy atom. The Bertz CT molecular complexity index is 610. The predicted molar refractivity (Wildman–Crippen MR) is 81.2 cm³/mol. The number of carbonyl (C=O) groups is 1. The van der Waals surface area contributed by atoms with Crippen molar-refractivity contribution in [2.24, 2.45) is 5.92 Å². The van der Waals surface area contributed by atoms with E-state index in [4.69, 9.17) is 9.15 Å². The van der Waals surface area contributed by atoms with Gasteiger partial charge in [-0.2, -0.15) is 0 Å². The molecule has 2 aromatic rings. The van der Waals surface area contributed by atoms with Gasteiger partial charge in [-0.1, -0.05) is 32.0 Å². The summed E-state index contributed by atoms with van der Waals surface area (Å²) in [5, 5.41) is 7.67. The van der Waals surface area contributed by atoms with E-state index in [1.807, 2.05) is 44.2 Å². The second-order valence-electron chi connectivity index (χ2n) is 5.50. The van der Waals surface area contributed by atoms with Gasteiger partial charge < -0.3 is 14.1 Å². The molecule has 118 valence electrons. The summed E-state index contributed by atoms with van der Waals surface area (Å²) in [6.45, 7) is 5.89. The summed E-state index contributed by atoms with van der Waals surface area (Å²) in [6, 6.07) is 9.33. The van der Waals surface area contributed by atoms with Crippen LogP contribution < -0.4 is 4.74 Å². The minimum Gasteiger partial charge on any atom is -0.480 e. The molecule has 0 radical (unpaired) electrons. The molecule has 0 fully saturated rings. The lowest BCUT2D eigenvalue weighted by molar-refractivity contribution is -0.140. The highest BCUT2D eigenvalue weighted by Gasteiger charge is 2.28. The van der Waals surface area contributed by atoms with Crippen LogP contribution in [0.1, 0.15) is 25.6 Å². The van der Waals surface area contributed by atoms with Crippen LogP contribution in [0.15, 0.2) is 34.7 Å². The summed E-state index contributed by atoms with van der Waals surface area (Å²) in [5.74, 6) is 1.50. The van der Waals surface area contributed by atoms with Gasteiger partial charge in [0.25, 0.3) is 5.91 Å². The molecule has 1 heterocycles. The Hall–Kier alpha value is -2.37. The second-order valence-corrected chi connectivity index (χ2v) is 5.50. The van der Waals surface area contributed by atoms with Crippen LogP contribution in [0.3, 0.4) is 0 Å². The molecule has 1 aromatic heterocycles. The predicted octanol–water partition coefficient (Wildman–Crippen LogP) is 2.44. The highest BCUT2D eigenvalue weighted by Crippen LogP contribution is 2.17. The number of hydrogen-bond donors (Lipinski definition) is 0. The average molecular weight is 303 g/mol. The number of nitrogens with zero attached hydrogens (tertiary/aromatic N) is 3. The molecule has 6 nitrogen and oxygen atoms in total. The summed E-state index contributed by atoms with van der Waals surface area (Å²) in [4.78, 5) is 14.2. The zero-order chi connectivity index (χ0) is 16.1. The fraction of sp³-hybridized carbons (Fsp3) is 0.438. The largest absolute Gasteiger partial charge is 0.480 e. The van der Waals surface area contributed by atoms with Crippen molar-refractivity contribution in [2.75, 3.05) is 7.05 Å². The van der Waals surface area contributed by atoms with E-state index in [-0.39, 0.29) is 18.4 Å². The van der Waals surface area contributed by atoms with Gasteiger partial charge in [0.05, 0.1) is 6.54 Å². The fourth-order valence-corrected chi connectivity index (χ4v) is 2.02. The summed E-state index contributed by atoms with van der Waals surface area (Å²) in [7, 11) is 1.70. The van der Waals surface area contributed by atoms with E-state index in [1.165, 1.54) is 0 Å². The van der Waals surface area contributed by atoms with Gasteiger partial charge in [0.2, 0.25) is 11.8 Å². The maximum absolute atomic E-state index is 12.6. The van der Waals surface area contributed by atoms with Gasteiger partial charge in [0.15, 0.2) is 6.10 Å². The number of carbonyl (C=O) groups excluding carboxylic acids is 1. The van der Waals surface area contributed by atoms with Gasteiger partial charge in [0.1, 0.15) is 5.75 Å². The second kappa shape index (κ2) is 7.06. The number of para-hydroxylation sites is 1. The smallest absolute Gasteiger partial charge is 0.264 e. The highest BCUT2D eigenvalue weighted by atomic mass is 16.5. The number of ether oxygens (including phenoxy) is 1. The summed E-state index contributed by atoms with van der Waals surface area (Å²) in [6.07, 6.45) is -0.559. The van der Waals surface area contributed by atoms with Crippen molar-refractivity contribution in [3.05, 3.63) is 42.1 Å². The molecule has 0 aliphatic heterocycles. The van der Waals surface area contributed by atoms with E-state index in [9.17, 15) is 4.79 Å². The summed E-state index contributed by atoms with van der Waals surface area (Å²) < 4.78 is 11.1. The fourth-order valence-electron chi connectivity index (χ4n) is 2.02. The van der Waals surface area contributed by atoms with Gasteiger partial charge in [-0.05, 0) is 18.1 Å². The molecule has 1 aromatic carbocycles. The van der Waals surface area contributed by atoms with E-state index >= 15 is 0 Å². The minimum atomic E-state index is -0.559. The lowest BCUT2D eigenvalue weighted by Crippen LogP contribution is -2.42. The van der Waals surface area contributed by atoms with Gasteiger partial charge in [-0.25, -0.2) is 0 Å². The van der Waals surface area contributed by atoms with E-state index in [0.29, 0.717) is 17.5 Å². The normalized spacial score (nSPS) is 12.2. The molecule has 1 amide bonds. The van der Waals surface area contributed by atoms with Crippen LogP contribution >= 0.6 is 0 Å².